The van der Waals surface area contributed by atoms with E-state index >= 15 is 0 Å². The molecular formula is C25H20O5. The zero-order valence-corrected chi connectivity index (χ0v) is 16.4. The minimum atomic E-state index is -0.919. The maximum atomic E-state index is 13.5. The molecule has 0 amide bonds. The quantitative estimate of drug-likeness (QED) is 0.343. The molecule has 0 fully saturated rings. The molecule has 3 aromatic carbocycles. The number of carbonyl (C=O) groups excluding carboxylic acids is 2. The fraction of sp³-hybridized carbons (Fsp3) is 0.120. The molecule has 1 aliphatic heterocycles. The van der Waals surface area contributed by atoms with Crippen LogP contribution in [0.2, 0.25) is 0 Å². The van der Waals surface area contributed by atoms with Crippen molar-refractivity contribution >= 4 is 17.8 Å². The Balaban J connectivity index is 1.86. The topological polar surface area (TPSA) is 61.8 Å². The number of carbonyl (C=O) groups is 2. The number of methoxy groups -OCH3 is 1. The van der Waals surface area contributed by atoms with E-state index < -0.39 is 11.9 Å². The van der Waals surface area contributed by atoms with Crippen LogP contribution in [-0.2, 0) is 9.53 Å². The lowest BCUT2D eigenvalue weighted by Gasteiger charge is -2.19. The minimum Gasteiger partial charge on any atom is -0.468 e. The van der Waals surface area contributed by atoms with Gasteiger partial charge in [0.25, 0.3) is 0 Å². The van der Waals surface area contributed by atoms with Crippen molar-refractivity contribution in [1.29, 1.82) is 0 Å². The first kappa shape index (κ1) is 19.5. The van der Waals surface area contributed by atoms with Crippen molar-refractivity contribution in [3.8, 4) is 11.5 Å². The van der Waals surface area contributed by atoms with Crippen molar-refractivity contribution in [3.63, 3.8) is 0 Å². The third-order valence-electron chi connectivity index (χ3n) is 4.90. The van der Waals surface area contributed by atoms with Gasteiger partial charge >= 0.3 is 5.97 Å². The zero-order chi connectivity index (χ0) is 20.9. The molecule has 0 spiro atoms. The average molecular weight is 400 g/mol. The van der Waals surface area contributed by atoms with Crippen LogP contribution in [0.1, 0.15) is 27.4 Å². The first-order valence-corrected chi connectivity index (χ1v) is 9.51. The normalized spacial score (nSPS) is 13.6. The number of fused-ring (bicyclic) bond motifs is 1. The van der Waals surface area contributed by atoms with Crippen LogP contribution in [0.3, 0.4) is 0 Å². The molecular weight excluding hydrogens is 380 g/mol. The molecule has 1 heterocycles. The predicted molar refractivity (Wildman–Crippen MR) is 113 cm³/mol. The standard InChI is InChI=1S/C25H20O5/c1-28-25(27)23(19-12-13-21-22(15-19)30-16-29-21)20(14-17-8-4-2-5-9-17)24(26)18-10-6-3-7-11-18/h2-15,23H,16H2,1H3/b20-14+. The number of hydrogen-bond donors (Lipinski definition) is 0. The summed E-state index contributed by atoms with van der Waals surface area (Å²) in [5, 5.41) is 0. The molecule has 0 saturated carbocycles. The zero-order valence-electron chi connectivity index (χ0n) is 16.4. The maximum absolute atomic E-state index is 13.5. The van der Waals surface area contributed by atoms with Gasteiger partial charge in [-0.3, -0.25) is 9.59 Å². The molecule has 1 aliphatic rings. The highest BCUT2D eigenvalue weighted by atomic mass is 16.7. The molecule has 1 atom stereocenters. The number of esters is 1. The lowest BCUT2D eigenvalue weighted by Crippen LogP contribution is -2.21. The molecule has 0 radical (unpaired) electrons. The molecule has 0 N–H and O–H groups in total. The van der Waals surface area contributed by atoms with Crippen molar-refractivity contribution in [2.45, 2.75) is 5.92 Å². The molecule has 0 aliphatic carbocycles. The summed E-state index contributed by atoms with van der Waals surface area (Å²) in [6.07, 6.45) is 1.74. The van der Waals surface area contributed by atoms with Gasteiger partial charge in [0.15, 0.2) is 17.3 Å². The fourth-order valence-electron chi connectivity index (χ4n) is 3.42. The van der Waals surface area contributed by atoms with E-state index in [2.05, 4.69) is 0 Å². The van der Waals surface area contributed by atoms with Crippen LogP contribution in [0.5, 0.6) is 11.5 Å². The van der Waals surface area contributed by atoms with E-state index in [0.29, 0.717) is 28.2 Å². The van der Waals surface area contributed by atoms with E-state index in [1.54, 1.807) is 48.5 Å². The van der Waals surface area contributed by atoms with E-state index in [4.69, 9.17) is 14.2 Å². The number of hydrogen-bond acceptors (Lipinski definition) is 5. The summed E-state index contributed by atoms with van der Waals surface area (Å²) in [7, 11) is 1.31. The van der Waals surface area contributed by atoms with Gasteiger partial charge in [-0.1, -0.05) is 66.7 Å². The van der Waals surface area contributed by atoms with Crippen molar-refractivity contribution in [1.82, 2.24) is 0 Å². The van der Waals surface area contributed by atoms with E-state index in [1.807, 2.05) is 36.4 Å². The minimum absolute atomic E-state index is 0.122. The van der Waals surface area contributed by atoms with Gasteiger partial charge in [-0.15, -0.1) is 0 Å². The third-order valence-corrected chi connectivity index (χ3v) is 4.90. The van der Waals surface area contributed by atoms with Crippen molar-refractivity contribution in [2.24, 2.45) is 0 Å². The highest BCUT2D eigenvalue weighted by Gasteiger charge is 2.32. The number of ether oxygens (including phenoxy) is 3. The van der Waals surface area contributed by atoms with E-state index in [9.17, 15) is 9.59 Å². The van der Waals surface area contributed by atoms with Crippen LogP contribution in [0.4, 0.5) is 0 Å². The van der Waals surface area contributed by atoms with E-state index in [-0.39, 0.29) is 12.6 Å². The van der Waals surface area contributed by atoms with Crippen LogP contribution in [-0.4, -0.2) is 25.7 Å². The van der Waals surface area contributed by atoms with Crippen LogP contribution in [0, 0.1) is 0 Å². The Morgan fingerprint density at radius 1 is 0.900 bits per heavy atom. The summed E-state index contributed by atoms with van der Waals surface area (Å²) in [5.41, 5.74) is 2.22. The Morgan fingerprint density at radius 3 is 2.27 bits per heavy atom. The largest absolute Gasteiger partial charge is 0.468 e. The lowest BCUT2D eigenvalue weighted by atomic mass is 9.85. The van der Waals surface area contributed by atoms with Crippen LogP contribution < -0.4 is 9.47 Å². The smallest absolute Gasteiger partial charge is 0.317 e. The molecule has 4 rings (SSSR count). The number of benzene rings is 3. The van der Waals surface area contributed by atoms with Gasteiger partial charge in [-0.2, -0.15) is 0 Å². The highest BCUT2D eigenvalue weighted by Crippen LogP contribution is 2.38. The van der Waals surface area contributed by atoms with Crippen molar-refractivity contribution < 1.29 is 23.8 Å². The van der Waals surface area contributed by atoms with Crippen molar-refractivity contribution in [2.75, 3.05) is 13.9 Å². The van der Waals surface area contributed by atoms with Gasteiger partial charge in [-0.25, -0.2) is 0 Å². The maximum Gasteiger partial charge on any atom is 0.317 e. The summed E-state index contributed by atoms with van der Waals surface area (Å²) >= 11 is 0. The van der Waals surface area contributed by atoms with E-state index in [0.717, 1.165) is 5.56 Å². The Bertz CT molecular complexity index is 1090. The van der Waals surface area contributed by atoms with Crippen LogP contribution >= 0.6 is 0 Å². The molecule has 3 aromatic rings. The SMILES string of the molecule is COC(=O)C(/C(=C\c1ccccc1)C(=O)c1ccccc1)c1ccc2c(c1)OCO2. The average Bonchev–Trinajstić information content (AvgIpc) is 3.27. The Labute approximate surface area is 174 Å². The number of rotatable bonds is 6. The third kappa shape index (κ3) is 3.96. The van der Waals surface area contributed by atoms with Crippen LogP contribution in [0.15, 0.2) is 84.4 Å². The van der Waals surface area contributed by atoms with Gasteiger partial charge in [-0.05, 0) is 29.3 Å². The number of Topliss-reactive ketones (excluding diaryl/α,β-unsaturated/α-hetero) is 1. The predicted octanol–water partition coefficient (Wildman–Crippen LogP) is 4.64. The van der Waals surface area contributed by atoms with Crippen LogP contribution in [0.25, 0.3) is 6.08 Å². The molecule has 5 nitrogen and oxygen atoms in total. The Hall–Kier alpha value is -3.86. The van der Waals surface area contributed by atoms with E-state index in [1.165, 1.54) is 7.11 Å². The Morgan fingerprint density at radius 2 is 1.57 bits per heavy atom. The monoisotopic (exact) mass is 400 g/mol. The molecule has 150 valence electrons. The molecule has 0 saturated heterocycles. The molecule has 30 heavy (non-hydrogen) atoms. The second-order valence-electron chi connectivity index (χ2n) is 6.77. The second kappa shape index (κ2) is 8.66. The second-order valence-corrected chi connectivity index (χ2v) is 6.77. The summed E-state index contributed by atoms with van der Waals surface area (Å²) in [5.74, 6) is -0.553. The fourth-order valence-corrected chi connectivity index (χ4v) is 3.42. The van der Waals surface area contributed by atoms with Gasteiger partial charge in [0.1, 0.15) is 5.92 Å². The molecule has 0 bridgehead atoms. The summed E-state index contributed by atoms with van der Waals surface area (Å²) in [6.45, 7) is 0.122. The first-order valence-electron chi connectivity index (χ1n) is 9.51. The molecule has 0 aromatic heterocycles. The first-order chi connectivity index (χ1) is 14.7. The number of ketones is 1. The van der Waals surface area contributed by atoms with Gasteiger partial charge in [0.05, 0.1) is 7.11 Å². The summed E-state index contributed by atoms with van der Waals surface area (Å²) < 4.78 is 15.9. The van der Waals surface area contributed by atoms with Gasteiger partial charge in [0, 0.05) is 11.1 Å². The Kier molecular flexibility index (Phi) is 5.61. The molecule has 1 unspecified atom stereocenters. The van der Waals surface area contributed by atoms with Crippen molar-refractivity contribution in [3.05, 3.63) is 101 Å². The molecule has 5 heteroatoms. The van der Waals surface area contributed by atoms with Gasteiger partial charge in [0.2, 0.25) is 6.79 Å². The van der Waals surface area contributed by atoms with Gasteiger partial charge < -0.3 is 14.2 Å². The summed E-state index contributed by atoms with van der Waals surface area (Å²) in [4.78, 5) is 26.4. The lowest BCUT2D eigenvalue weighted by molar-refractivity contribution is -0.141. The summed E-state index contributed by atoms with van der Waals surface area (Å²) in [6, 6.07) is 23.5. The highest BCUT2D eigenvalue weighted by molar-refractivity contribution is 6.15.